The highest BCUT2D eigenvalue weighted by molar-refractivity contribution is 8.00. The molecule has 0 spiro atoms. The second kappa shape index (κ2) is 15.0. The normalized spacial score (nSPS) is 12.6. The van der Waals surface area contributed by atoms with Gasteiger partial charge in [0.15, 0.2) is 0 Å². The number of hydrogen-bond acceptors (Lipinski definition) is 11. The number of anilines is 1. The quantitative estimate of drug-likeness (QED) is 0.0713. The summed E-state index contributed by atoms with van der Waals surface area (Å²) in [7, 11) is 0. The molecule has 0 saturated carbocycles. The second-order valence-corrected chi connectivity index (χ2v) is 12.4. The lowest BCUT2D eigenvalue weighted by Crippen LogP contribution is -2.41. The molecular weight excluding hydrogens is 613 g/mol. The van der Waals surface area contributed by atoms with Gasteiger partial charge in [-0.2, -0.15) is 0 Å². The smallest absolute Gasteiger partial charge is 0.326 e. The first-order valence-corrected chi connectivity index (χ1v) is 16.2. The van der Waals surface area contributed by atoms with E-state index in [2.05, 4.69) is 62.7 Å². The minimum atomic E-state index is -1.09. The Morgan fingerprint density at radius 1 is 1.18 bits per heavy atom. The standard InChI is InChI=1S/C32H36N6O5S2/c1-19-13-25(37-43-19)18-34-17-21-5-3-6-22(14-21)24-15-23-8-11-42-29(23)28(16-24)45-38-26-9-12-44-30(26)31(39)36-27(32(40)41)7-4-10-35-20(2)33/h3,5-6,9,12-16,27,34-35,38H,2,4,7-8,10-11,17-18,33H2,1H3,(H,36,39)(H,40,41). The summed E-state index contributed by atoms with van der Waals surface area (Å²) in [5, 5.41) is 24.4. The average Bonchev–Trinajstić information content (AvgIpc) is 3.78. The molecule has 4 aromatic rings. The number of benzene rings is 2. The van der Waals surface area contributed by atoms with Crippen LogP contribution in [0.2, 0.25) is 0 Å². The summed E-state index contributed by atoms with van der Waals surface area (Å²) in [4.78, 5) is 26.2. The van der Waals surface area contributed by atoms with Crippen molar-refractivity contribution in [3.63, 3.8) is 0 Å². The van der Waals surface area contributed by atoms with Crippen molar-refractivity contribution in [3.8, 4) is 16.9 Å². The number of carbonyl (C=O) groups is 2. The number of nitrogens with zero attached hydrogens (tertiary/aromatic N) is 1. The minimum absolute atomic E-state index is 0.249. The molecule has 2 aromatic carbocycles. The number of rotatable bonds is 16. The Bertz CT molecular complexity index is 1670. The molecule has 1 aliphatic heterocycles. The third-order valence-electron chi connectivity index (χ3n) is 7.09. The highest BCUT2D eigenvalue weighted by atomic mass is 32.2. The van der Waals surface area contributed by atoms with Crippen molar-refractivity contribution < 1.29 is 24.0 Å². The first-order valence-electron chi connectivity index (χ1n) is 14.5. The van der Waals surface area contributed by atoms with Crippen LogP contribution in [0.15, 0.2) is 75.7 Å². The number of aryl methyl sites for hydroxylation is 1. The van der Waals surface area contributed by atoms with Gasteiger partial charge in [0.2, 0.25) is 0 Å². The van der Waals surface area contributed by atoms with Gasteiger partial charge in [-0.05, 0) is 83.6 Å². The number of amides is 1. The molecule has 0 aliphatic carbocycles. The lowest BCUT2D eigenvalue weighted by molar-refractivity contribution is -0.139. The molecule has 1 aliphatic rings. The van der Waals surface area contributed by atoms with Crippen molar-refractivity contribution >= 4 is 40.8 Å². The maximum Gasteiger partial charge on any atom is 0.326 e. The van der Waals surface area contributed by atoms with Crippen LogP contribution < -0.4 is 31.1 Å². The predicted octanol–water partition coefficient (Wildman–Crippen LogP) is 5.04. The number of ether oxygens (including phenoxy) is 1. The molecule has 45 heavy (non-hydrogen) atoms. The van der Waals surface area contributed by atoms with Crippen LogP contribution in [-0.4, -0.2) is 41.3 Å². The topological polar surface area (TPSA) is 164 Å². The van der Waals surface area contributed by atoms with E-state index >= 15 is 0 Å². The zero-order chi connectivity index (χ0) is 31.8. The first kappa shape index (κ1) is 31.9. The Morgan fingerprint density at radius 3 is 2.82 bits per heavy atom. The lowest BCUT2D eigenvalue weighted by atomic mass is 10.00. The Morgan fingerprint density at radius 2 is 2.04 bits per heavy atom. The van der Waals surface area contributed by atoms with Gasteiger partial charge in [0, 0.05) is 32.1 Å². The first-order chi connectivity index (χ1) is 21.8. The summed E-state index contributed by atoms with van der Waals surface area (Å²) in [6.07, 6.45) is 1.56. The largest absolute Gasteiger partial charge is 0.492 e. The Hall–Kier alpha value is -4.46. The van der Waals surface area contributed by atoms with E-state index in [9.17, 15) is 14.7 Å². The van der Waals surface area contributed by atoms with Crippen LogP contribution in [0.1, 0.15) is 45.1 Å². The number of aliphatic carboxylic acids is 1. The SMILES string of the molecule is C=C(N)NCCCC(NC(=O)c1sccc1NSc1cc(-c2cccc(CNCc3cc(C)on3)c2)cc2c1OCC2)C(=O)O. The monoisotopic (exact) mass is 648 g/mol. The minimum Gasteiger partial charge on any atom is -0.492 e. The Balaban J connectivity index is 1.25. The molecule has 0 fully saturated rings. The van der Waals surface area contributed by atoms with Crippen molar-refractivity contribution in [3.05, 3.63) is 93.8 Å². The summed E-state index contributed by atoms with van der Waals surface area (Å²) in [6, 6.07) is 15.4. The maximum atomic E-state index is 13.1. The fourth-order valence-electron chi connectivity index (χ4n) is 4.92. The average molecular weight is 649 g/mol. The van der Waals surface area contributed by atoms with Gasteiger partial charge in [-0.15, -0.1) is 11.3 Å². The van der Waals surface area contributed by atoms with Gasteiger partial charge in [-0.1, -0.05) is 29.9 Å². The van der Waals surface area contributed by atoms with E-state index in [4.69, 9.17) is 15.0 Å². The van der Waals surface area contributed by atoms with Gasteiger partial charge in [0.05, 0.1) is 28.7 Å². The fraction of sp³-hybridized carbons (Fsp3) is 0.281. The maximum absolute atomic E-state index is 13.1. The molecule has 3 heterocycles. The van der Waals surface area contributed by atoms with Crippen molar-refractivity contribution in [2.75, 3.05) is 17.9 Å². The molecule has 2 aromatic heterocycles. The molecular formula is C32H36N6O5S2. The second-order valence-electron chi connectivity index (χ2n) is 10.6. The third kappa shape index (κ3) is 8.59. The Kier molecular flexibility index (Phi) is 10.7. The van der Waals surface area contributed by atoms with Crippen LogP contribution in [-0.2, 0) is 24.3 Å². The molecule has 0 radical (unpaired) electrons. The summed E-state index contributed by atoms with van der Waals surface area (Å²) in [5.74, 6) is 0.395. The summed E-state index contributed by atoms with van der Waals surface area (Å²) < 4.78 is 14.4. The van der Waals surface area contributed by atoms with E-state index in [1.807, 2.05) is 19.1 Å². The molecule has 1 atom stereocenters. The van der Waals surface area contributed by atoms with Crippen LogP contribution in [0.4, 0.5) is 5.69 Å². The number of thiophene rings is 1. The van der Waals surface area contributed by atoms with Crippen molar-refractivity contribution in [1.82, 2.24) is 21.1 Å². The van der Waals surface area contributed by atoms with Gasteiger partial charge >= 0.3 is 5.97 Å². The van der Waals surface area contributed by atoms with Gasteiger partial charge < -0.3 is 40.8 Å². The lowest BCUT2D eigenvalue weighted by Gasteiger charge is -2.16. The highest BCUT2D eigenvalue weighted by Crippen LogP contribution is 2.41. The number of carbonyl (C=O) groups excluding carboxylic acids is 1. The summed E-state index contributed by atoms with van der Waals surface area (Å²) >= 11 is 2.61. The molecule has 1 amide bonds. The predicted molar refractivity (Wildman–Crippen MR) is 176 cm³/mol. The van der Waals surface area contributed by atoms with Gasteiger partial charge in [-0.25, -0.2) is 4.79 Å². The molecule has 0 saturated heterocycles. The highest BCUT2D eigenvalue weighted by Gasteiger charge is 2.24. The number of nitrogens with one attached hydrogen (secondary N) is 4. The Labute approximate surface area is 269 Å². The number of nitrogens with two attached hydrogens (primary N) is 1. The number of carboxylic acids is 1. The number of fused-ring (bicyclic) bond motifs is 1. The third-order valence-corrected chi connectivity index (χ3v) is 8.85. The van der Waals surface area contributed by atoms with Crippen molar-refractivity contribution in [2.24, 2.45) is 5.73 Å². The van der Waals surface area contributed by atoms with E-state index in [1.165, 1.54) is 23.3 Å². The molecule has 11 nitrogen and oxygen atoms in total. The van der Waals surface area contributed by atoms with E-state index in [0.29, 0.717) is 49.0 Å². The summed E-state index contributed by atoms with van der Waals surface area (Å²) in [6.45, 7) is 7.81. The molecule has 1 unspecified atom stereocenters. The summed E-state index contributed by atoms with van der Waals surface area (Å²) in [5.41, 5.74) is 11.4. The van der Waals surface area contributed by atoms with Crippen LogP contribution in [0.25, 0.3) is 11.1 Å². The van der Waals surface area contributed by atoms with Gasteiger partial charge in [0.1, 0.15) is 22.4 Å². The fourth-order valence-corrected chi connectivity index (χ4v) is 6.60. The number of carboxylic acid groups (broad SMARTS) is 1. The van der Waals surface area contributed by atoms with Gasteiger partial charge in [0.25, 0.3) is 5.91 Å². The number of hydrogen-bond donors (Lipinski definition) is 6. The molecule has 5 rings (SSSR count). The zero-order valence-electron chi connectivity index (χ0n) is 24.9. The van der Waals surface area contributed by atoms with Crippen LogP contribution in [0.3, 0.4) is 0 Å². The van der Waals surface area contributed by atoms with Crippen LogP contribution in [0, 0.1) is 6.92 Å². The van der Waals surface area contributed by atoms with Crippen molar-refractivity contribution in [1.29, 1.82) is 0 Å². The number of aromatic nitrogens is 1. The molecule has 0 bridgehead atoms. The molecule has 236 valence electrons. The van der Waals surface area contributed by atoms with Gasteiger partial charge in [-0.3, -0.25) is 4.79 Å². The van der Waals surface area contributed by atoms with E-state index in [0.717, 1.165) is 50.8 Å². The zero-order valence-corrected chi connectivity index (χ0v) is 26.5. The molecule has 7 N–H and O–H groups in total. The molecule has 13 heteroatoms. The van der Waals surface area contributed by atoms with Crippen LogP contribution >= 0.6 is 23.3 Å². The van der Waals surface area contributed by atoms with Crippen LogP contribution in [0.5, 0.6) is 5.75 Å². The van der Waals surface area contributed by atoms with E-state index in [1.54, 1.807) is 11.4 Å². The van der Waals surface area contributed by atoms with E-state index < -0.39 is 17.9 Å². The van der Waals surface area contributed by atoms with Crippen molar-refractivity contribution in [2.45, 2.75) is 50.2 Å². The van der Waals surface area contributed by atoms with E-state index in [-0.39, 0.29) is 6.42 Å².